The van der Waals surface area contributed by atoms with Crippen molar-refractivity contribution in [2.75, 3.05) is 26.2 Å². The van der Waals surface area contributed by atoms with Crippen molar-refractivity contribution in [2.24, 2.45) is 5.92 Å². The molecule has 0 radical (unpaired) electrons. The summed E-state index contributed by atoms with van der Waals surface area (Å²) in [5.74, 6) is 2.44. The molecule has 0 saturated carbocycles. The van der Waals surface area contributed by atoms with E-state index in [4.69, 9.17) is 0 Å². The van der Waals surface area contributed by atoms with E-state index in [1.807, 2.05) is 24.0 Å². The number of benzene rings is 1. The van der Waals surface area contributed by atoms with Crippen molar-refractivity contribution in [1.29, 1.82) is 0 Å². The minimum absolute atomic E-state index is 0.112. The number of piperidine rings is 2. The van der Waals surface area contributed by atoms with Crippen LogP contribution in [0.1, 0.15) is 68.1 Å². The fourth-order valence-corrected chi connectivity index (χ4v) is 7.13. The smallest absolute Gasteiger partial charge is 0.243 e. The number of amides is 1. The number of rotatable bonds is 4. The average Bonchev–Trinajstić information content (AvgIpc) is 3.12. The second kappa shape index (κ2) is 9.77. The first kappa shape index (κ1) is 23.5. The van der Waals surface area contributed by atoms with Gasteiger partial charge in [-0.3, -0.25) is 4.79 Å². The molecule has 1 unspecified atom stereocenters. The molecule has 0 bridgehead atoms. The van der Waals surface area contributed by atoms with Crippen LogP contribution in [0.15, 0.2) is 29.2 Å². The molecule has 1 aromatic carbocycles. The molecule has 3 aliphatic rings. The summed E-state index contributed by atoms with van der Waals surface area (Å²) in [5, 5.41) is 9.00. The summed E-state index contributed by atoms with van der Waals surface area (Å²) in [4.78, 5) is 15.7. The van der Waals surface area contributed by atoms with Crippen molar-refractivity contribution in [3.8, 4) is 0 Å². The van der Waals surface area contributed by atoms with E-state index >= 15 is 0 Å². The second-order valence-corrected chi connectivity index (χ2v) is 12.0. The molecule has 34 heavy (non-hydrogen) atoms. The van der Waals surface area contributed by atoms with E-state index in [1.165, 1.54) is 17.1 Å². The van der Waals surface area contributed by atoms with Crippen LogP contribution in [-0.4, -0.2) is 64.5 Å². The molecular weight excluding hydrogens is 450 g/mol. The minimum Gasteiger partial charge on any atom is -0.342 e. The van der Waals surface area contributed by atoms with E-state index in [2.05, 4.69) is 14.8 Å². The van der Waals surface area contributed by atoms with Crippen LogP contribution in [0.25, 0.3) is 0 Å². The topological polar surface area (TPSA) is 88.4 Å². The molecule has 1 atom stereocenters. The van der Waals surface area contributed by atoms with Crippen molar-refractivity contribution in [2.45, 2.75) is 75.6 Å². The third-order valence-corrected chi connectivity index (χ3v) is 9.61. The SMILES string of the molecule is Cc1ccc(S(=O)(=O)N2CCC(C(=O)N3CCCC(c4nnc5n4CCCCC5)C3)CC2)cc1. The Morgan fingerprint density at radius 2 is 1.68 bits per heavy atom. The Hall–Kier alpha value is -2.26. The number of sulfonamides is 1. The lowest BCUT2D eigenvalue weighted by molar-refractivity contribution is -0.138. The Labute approximate surface area is 202 Å². The Kier molecular flexibility index (Phi) is 6.75. The number of carbonyl (C=O) groups excluding carboxylic acids is 1. The van der Waals surface area contributed by atoms with Gasteiger partial charge in [0.2, 0.25) is 15.9 Å². The molecule has 1 amide bonds. The van der Waals surface area contributed by atoms with E-state index in [-0.39, 0.29) is 17.7 Å². The first-order chi connectivity index (χ1) is 16.4. The fraction of sp³-hybridized carbons (Fsp3) is 0.640. The normalized spacial score (nSPS) is 22.9. The monoisotopic (exact) mass is 485 g/mol. The molecule has 2 fully saturated rings. The third kappa shape index (κ3) is 4.64. The second-order valence-electron chi connectivity index (χ2n) is 10.1. The molecule has 184 valence electrons. The maximum absolute atomic E-state index is 13.4. The standard InChI is InChI=1S/C25H35N5O3S/c1-19-8-10-22(11-9-19)34(32,33)29-16-12-20(13-17-29)25(31)28-14-5-6-21(18-28)24-27-26-23-7-3-2-4-15-30(23)24/h8-11,20-21H,2-7,12-18H2,1H3. The lowest BCUT2D eigenvalue weighted by atomic mass is 9.92. The number of likely N-dealkylation sites (tertiary alicyclic amines) is 1. The largest absolute Gasteiger partial charge is 0.342 e. The zero-order valence-electron chi connectivity index (χ0n) is 20.0. The van der Waals surface area contributed by atoms with Gasteiger partial charge < -0.3 is 9.47 Å². The molecule has 2 aromatic rings. The molecule has 4 heterocycles. The Morgan fingerprint density at radius 3 is 2.44 bits per heavy atom. The quantitative estimate of drug-likeness (QED) is 0.664. The maximum Gasteiger partial charge on any atom is 0.243 e. The highest BCUT2D eigenvalue weighted by molar-refractivity contribution is 7.89. The van der Waals surface area contributed by atoms with Crippen molar-refractivity contribution in [3.63, 3.8) is 0 Å². The highest BCUT2D eigenvalue weighted by atomic mass is 32.2. The van der Waals surface area contributed by atoms with Crippen molar-refractivity contribution in [3.05, 3.63) is 41.5 Å². The first-order valence-corrected chi connectivity index (χ1v) is 14.1. The van der Waals surface area contributed by atoms with E-state index in [0.717, 1.165) is 56.0 Å². The van der Waals surface area contributed by atoms with Crippen LogP contribution in [0.3, 0.4) is 0 Å². The van der Waals surface area contributed by atoms with Crippen LogP contribution >= 0.6 is 0 Å². The lowest BCUT2D eigenvalue weighted by Crippen LogP contribution is -2.47. The van der Waals surface area contributed by atoms with Gasteiger partial charge in [0.05, 0.1) is 4.90 Å². The van der Waals surface area contributed by atoms with Gasteiger partial charge in [-0.15, -0.1) is 10.2 Å². The molecular formula is C25H35N5O3S. The zero-order valence-corrected chi connectivity index (χ0v) is 20.8. The summed E-state index contributed by atoms with van der Waals surface area (Å²) in [6.45, 7) is 5.17. The van der Waals surface area contributed by atoms with Crippen LogP contribution in [0.2, 0.25) is 0 Å². The van der Waals surface area contributed by atoms with Crippen LogP contribution in [0, 0.1) is 12.8 Å². The van der Waals surface area contributed by atoms with E-state index in [1.54, 1.807) is 12.1 Å². The van der Waals surface area contributed by atoms with Crippen LogP contribution in [0.4, 0.5) is 0 Å². The summed E-state index contributed by atoms with van der Waals surface area (Å²) in [5.41, 5.74) is 1.03. The highest BCUT2D eigenvalue weighted by Gasteiger charge is 2.36. The summed E-state index contributed by atoms with van der Waals surface area (Å²) >= 11 is 0. The molecule has 0 spiro atoms. The highest BCUT2D eigenvalue weighted by Crippen LogP contribution is 2.31. The summed E-state index contributed by atoms with van der Waals surface area (Å²) in [7, 11) is -3.51. The maximum atomic E-state index is 13.4. The zero-order chi connectivity index (χ0) is 23.7. The molecule has 0 N–H and O–H groups in total. The van der Waals surface area contributed by atoms with Crippen molar-refractivity contribution >= 4 is 15.9 Å². The van der Waals surface area contributed by atoms with Gasteiger partial charge in [0, 0.05) is 51.0 Å². The predicted octanol–water partition coefficient (Wildman–Crippen LogP) is 3.12. The Balaban J connectivity index is 1.21. The van der Waals surface area contributed by atoms with Gasteiger partial charge in [-0.1, -0.05) is 24.1 Å². The van der Waals surface area contributed by atoms with Crippen LogP contribution in [0.5, 0.6) is 0 Å². The Bertz CT molecular complexity index is 1120. The molecule has 9 heteroatoms. The average molecular weight is 486 g/mol. The van der Waals surface area contributed by atoms with Gasteiger partial charge in [0.15, 0.2) is 0 Å². The van der Waals surface area contributed by atoms with Gasteiger partial charge in [0.1, 0.15) is 11.6 Å². The fourth-order valence-electron chi connectivity index (χ4n) is 5.66. The third-order valence-electron chi connectivity index (χ3n) is 7.70. The predicted molar refractivity (Wildman–Crippen MR) is 129 cm³/mol. The molecule has 5 rings (SSSR count). The van der Waals surface area contributed by atoms with Gasteiger partial charge >= 0.3 is 0 Å². The summed E-state index contributed by atoms with van der Waals surface area (Å²) in [6.07, 6.45) is 7.72. The van der Waals surface area contributed by atoms with Gasteiger partial charge in [0.25, 0.3) is 0 Å². The van der Waals surface area contributed by atoms with Crippen LogP contribution < -0.4 is 0 Å². The molecule has 8 nitrogen and oxygen atoms in total. The minimum atomic E-state index is -3.51. The van der Waals surface area contributed by atoms with Crippen molar-refractivity contribution in [1.82, 2.24) is 24.0 Å². The van der Waals surface area contributed by atoms with Gasteiger partial charge in [-0.2, -0.15) is 4.31 Å². The van der Waals surface area contributed by atoms with Gasteiger partial charge in [-0.05, 0) is 57.6 Å². The number of hydrogen-bond donors (Lipinski definition) is 0. The Morgan fingerprint density at radius 1 is 0.912 bits per heavy atom. The first-order valence-electron chi connectivity index (χ1n) is 12.7. The van der Waals surface area contributed by atoms with E-state index in [9.17, 15) is 13.2 Å². The lowest BCUT2D eigenvalue weighted by Gasteiger charge is -2.37. The molecule has 0 aliphatic carbocycles. The summed E-state index contributed by atoms with van der Waals surface area (Å²) < 4.78 is 29.9. The van der Waals surface area contributed by atoms with E-state index < -0.39 is 10.0 Å². The number of aryl methyl sites for hydroxylation is 2. The number of nitrogens with zero attached hydrogens (tertiary/aromatic N) is 5. The van der Waals surface area contributed by atoms with Gasteiger partial charge in [-0.25, -0.2) is 8.42 Å². The number of fused-ring (bicyclic) bond motifs is 1. The van der Waals surface area contributed by atoms with E-state index in [0.29, 0.717) is 37.4 Å². The molecule has 3 aliphatic heterocycles. The molecule has 2 saturated heterocycles. The number of aromatic nitrogens is 3. The number of hydrogen-bond acceptors (Lipinski definition) is 5. The molecule has 1 aromatic heterocycles. The van der Waals surface area contributed by atoms with Crippen molar-refractivity contribution < 1.29 is 13.2 Å². The number of carbonyl (C=O) groups is 1. The van der Waals surface area contributed by atoms with Crippen LogP contribution in [-0.2, 0) is 27.8 Å². The summed E-state index contributed by atoms with van der Waals surface area (Å²) in [6, 6.07) is 6.98.